The van der Waals surface area contributed by atoms with Crippen molar-refractivity contribution in [3.05, 3.63) is 107 Å². The Balaban J connectivity index is 1.81. The van der Waals surface area contributed by atoms with Gasteiger partial charge < -0.3 is 15.3 Å². The lowest BCUT2D eigenvalue weighted by molar-refractivity contribution is 0.0542. The lowest BCUT2D eigenvalue weighted by atomic mass is 9.99. The Hall–Kier alpha value is -4.45. The van der Waals surface area contributed by atoms with Crippen LogP contribution in [-0.4, -0.2) is 71.6 Å². The third-order valence-corrected chi connectivity index (χ3v) is 6.75. The first kappa shape index (κ1) is 32.1. The molecule has 0 saturated heterocycles. The van der Waals surface area contributed by atoms with Gasteiger partial charge in [0, 0.05) is 48.9 Å². The molecule has 3 aromatic rings. The van der Waals surface area contributed by atoms with E-state index in [0.717, 1.165) is 18.4 Å². The van der Waals surface area contributed by atoms with E-state index in [1.807, 2.05) is 50.2 Å². The summed E-state index contributed by atoms with van der Waals surface area (Å²) >= 11 is 0. The smallest absolute Gasteiger partial charge is 0.265 e. The molecule has 2 unspecified atom stereocenters. The normalized spacial score (nSPS) is 12.2. The van der Waals surface area contributed by atoms with Crippen molar-refractivity contribution in [1.29, 1.82) is 0 Å². The second kappa shape index (κ2) is 16.1. The van der Waals surface area contributed by atoms with Gasteiger partial charge in [0.05, 0.1) is 12.1 Å². The fourth-order valence-corrected chi connectivity index (χ4v) is 4.69. The summed E-state index contributed by atoms with van der Waals surface area (Å²) in [6, 6.07) is 22.3. The molecule has 0 spiro atoms. The van der Waals surface area contributed by atoms with Crippen molar-refractivity contribution in [2.75, 3.05) is 26.7 Å². The van der Waals surface area contributed by atoms with Crippen LogP contribution in [0.5, 0.6) is 0 Å². The van der Waals surface area contributed by atoms with Crippen molar-refractivity contribution in [1.82, 2.24) is 20.7 Å². The highest BCUT2D eigenvalue weighted by Crippen LogP contribution is 2.15. The van der Waals surface area contributed by atoms with E-state index in [-0.39, 0.29) is 23.9 Å². The van der Waals surface area contributed by atoms with Gasteiger partial charge in [-0.15, -0.1) is 6.42 Å². The number of carbonyl (C=O) groups is 3. The minimum Gasteiger partial charge on any atom is -0.390 e. The van der Waals surface area contributed by atoms with Gasteiger partial charge in [-0.2, -0.15) is 0 Å². The molecule has 220 valence electrons. The van der Waals surface area contributed by atoms with Gasteiger partial charge in [0.1, 0.15) is 0 Å². The van der Waals surface area contributed by atoms with Gasteiger partial charge in [-0.1, -0.05) is 68.3 Å². The number of aliphatic hydroxyl groups excluding tert-OH is 1. The van der Waals surface area contributed by atoms with E-state index < -0.39 is 18.1 Å². The van der Waals surface area contributed by atoms with Crippen LogP contribution in [0.4, 0.5) is 0 Å². The predicted molar refractivity (Wildman–Crippen MR) is 165 cm³/mol. The predicted octanol–water partition coefficient (Wildman–Crippen LogP) is 3.91. The number of hydrogen-bond donors (Lipinski definition) is 3. The van der Waals surface area contributed by atoms with Gasteiger partial charge in [0.15, 0.2) is 0 Å². The molecule has 0 radical (unpaired) electrons. The zero-order chi connectivity index (χ0) is 30.5. The number of benzene rings is 3. The van der Waals surface area contributed by atoms with E-state index in [1.54, 1.807) is 54.4 Å². The molecule has 3 amide bonds. The van der Waals surface area contributed by atoms with Gasteiger partial charge in [-0.3, -0.25) is 19.8 Å². The molecule has 42 heavy (non-hydrogen) atoms. The van der Waals surface area contributed by atoms with Gasteiger partial charge in [0.25, 0.3) is 17.7 Å². The molecule has 0 bridgehead atoms. The summed E-state index contributed by atoms with van der Waals surface area (Å²) in [4.78, 5) is 41.2. The van der Waals surface area contributed by atoms with Crippen molar-refractivity contribution in [3.63, 3.8) is 0 Å². The molecule has 3 N–H and O–H groups in total. The molecule has 0 aliphatic heterocycles. The van der Waals surface area contributed by atoms with Crippen LogP contribution in [0.3, 0.4) is 0 Å². The summed E-state index contributed by atoms with van der Waals surface area (Å²) in [6.45, 7) is 5.28. The van der Waals surface area contributed by atoms with Crippen molar-refractivity contribution in [3.8, 4) is 12.3 Å². The van der Waals surface area contributed by atoms with E-state index in [9.17, 15) is 19.5 Å². The van der Waals surface area contributed by atoms with Crippen LogP contribution in [0.1, 0.15) is 68.9 Å². The number of terminal acetylenes is 1. The number of nitrogens with one attached hydrogen (secondary N) is 2. The number of rotatable bonds is 14. The first-order valence-electron chi connectivity index (χ1n) is 14.3. The van der Waals surface area contributed by atoms with Crippen LogP contribution in [0.2, 0.25) is 0 Å². The minimum absolute atomic E-state index is 0.0491. The van der Waals surface area contributed by atoms with Crippen LogP contribution in [0.25, 0.3) is 0 Å². The molecule has 0 aromatic heterocycles. The molecule has 0 heterocycles. The maximum Gasteiger partial charge on any atom is 0.265 e. The van der Waals surface area contributed by atoms with E-state index in [2.05, 4.69) is 16.7 Å². The largest absolute Gasteiger partial charge is 0.390 e. The van der Waals surface area contributed by atoms with Crippen molar-refractivity contribution >= 4 is 17.7 Å². The minimum atomic E-state index is -1.04. The summed E-state index contributed by atoms with van der Waals surface area (Å²) < 4.78 is 0. The lowest BCUT2D eigenvalue weighted by Crippen LogP contribution is -2.52. The molecule has 3 rings (SSSR count). The maximum atomic E-state index is 13.6. The third kappa shape index (κ3) is 9.30. The summed E-state index contributed by atoms with van der Waals surface area (Å²) in [5, 5.41) is 15.7. The van der Waals surface area contributed by atoms with Gasteiger partial charge in [-0.25, -0.2) is 5.01 Å². The topological polar surface area (TPSA) is 102 Å². The zero-order valence-corrected chi connectivity index (χ0v) is 24.5. The Labute approximate surface area is 248 Å². The number of likely N-dealkylation sites (N-methyl/N-ethyl adjacent to an activating group) is 1. The fourth-order valence-electron chi connectivity index (χ4n) is 4.69. The van der Waals surface area contributed by atoms with E-state index in [1.165, 1.54) is 5.01 Å². The average molecular weight is 569 g/mol. The molecule has 8 nitrogen and oxygen atoms in total. The number of carbonyl (C=O) groups excluding carboxylic acids is 3. The van der Waals surface area contributed by atoms with Gasteiger partial charge in [-0.05, 0) is 55.2 Å². The monoisotopic (exact) mass is 568 g/mol. The second-order valence-electron chi connectivity index (χ2n) is 10.3. The summed E-state index contributed by atoms with van der Waals surface area (Å²) in [7, 11) is 1.65. The second-order valence-corrected chi connectivity index (χ2v) is 10.3. The summed E-state index contributed by atoms with van der Waals surface area (Å²) in [6.07, 6.45) is 6.61. The maximum absolute atomic E-state index is 13.6. The molecular formula is C34H40N4O4. The first-order chi connectivity index (χ1) is 20.2. The zero-order valence-electron chi connectivity index (χ0n) is 24.5. The Kier molecular flexibility index (Phi) is 12.3. The van der Waals surface area contributed by atoms with Crippen LogP contribution in [0.15, 0.2) is 78.9 Å². The Morgan fingerprint density at radius 2 is 1.45 bits per heavy atom. The number of hydrazine groups is 1. The third-order valence-electron chi connectivity index (χ3n) is 6.75. The molecule has 0 saturated carbocycles. The number of nitrogens with zero attached hydrogens (tertiary/aromatic N) is 2. The van der Waals surface area contributed by atoms with Gasteiger partial charge >= 0.3 is 0 Å². The quantitative estimate of drug-likeness (QED) is 0.202. The highest BCUT2D eigenvalue weighted by Gasteiger charge is 2.25. The van der Waals surface area contributed by atoms with Crippen LogP contribution >= 0.6 is 0 Å². The van der Waals surface area contributed by atoms with Gasteiger partial charge in [0.2, 0.25) is 0 Å². The SMILES string of the molecule is C#Cc1cc(C(=O)NC(Cc2ccccc2)C(O)CN(C)NC(=O)c2ccccc2)cc(C(=O)N(CCC)CCC)c1. The number of aliphatic hydroxyl groups is 1. The van der Waals surface area contributed by atoms with Crippen LogP contribution < -0.4 is 10.7 Å². The highest BCUT2D eigenvalue weighted by atomic mass is 16.3. The molecule has 8 heteroatoms. The Bertz CT molecular complexity index is 1370. The Morgan fingerprint density at radius 1 is 0.857 bits per heavy atom. The van der Waals surface area contributed by atoms with E-state index in [0.29, 0.717) is 36.2 Å². The Morgan fingerprint density at radius 3 is 2.05 bits per heavy atom. The van der Waals surface area contributed by atoms with E-state index in [4.69, 9.17) is 6.42 Å². The molecule has 3 aromatic carbocycles. The molecule has 0 aliphatic carbocycles. The molecule has 2 atom stereocenters. The number of amides is 3. The molecule has 0 fully saturated rings. The van der Waals surface area contributed by atoms with Crippen molar-refractivity contribution in [2.24, 2.45) is 0 Å². The molecule has 0 aliphatic rings. The summed E-state index contributed by atoms with van der Waals surface area (Å²) in [5.41, 5.74) is 5.16. The lowest BCUT2D eigenvalue weighted by Gasteiger charge is -2.28. The first-order valence-corrected chi connectivity index (χ1v) is 14.3. The van der Waals surface area contributed by atoms with Crippen LogP contribution in [-0.2, 0) is 6.42 Å². The average Bonchev–Trinajstić information content (AvgIpc) is 3.00. The van der Waals surface area contributed by atoms with E-state index >= 15 is 0 Å². The number of hydrogen-bond acceptors (Lipinski definition) is 5. The highest BCUT2D eigenvalue weighted by molar-refractivity contribution is 6.00. The van der Waals surface area contributed by atoms with Crippen molar-refractivity contribution in [2.45, 2.75) is 45.3 Å². The van der Waals surface area contributed by atoms with Crippen molar-refractivity contribution < 1.29 is 19.5 Å². The standard InChI is InChI=1S/C34H40N4O4/c1-5-18-38(19-6-2)34(42)29-21-25(7-3)20-28(23-29)32(40)35-30(22-26-14-10-8-11-15-26)31(39)24-37(4)36-33(41)27-16-12-9-13-17-27/h3,8-17,20-21,23,30-31,39H,5-6,18-19,22,24H2,1-2,4H3,(H,35,40)(H,36,41). The summed E-state index contributed by atoms with van der Waals surface area (Å²) in [5.74, 6) is 1.60. The fraction of sp³-hybridized carbons (Fsp3) is 0.324. The molecular weight excluding hydrogens is 528 g/mol. The van der Waals surface area contributed by atoms with Crippen LogP contribution in [0, 0.1) is 12.3 Å².